The van der Waals surface area contributed by atoms with Crippen LogP contribution in [0, 0.1) is 0 Å². The molecular formula is C28H27Cl3N2O4S. The van der Waals surface area contributed by atoms with Crippen molar-refractivity contribution in [2.75, 3.05) is 12.4 Å². The minimum atomic E-state index is -3.50. The topological polar surface area (TPSA) is 76.0 Å². The second-order valence-electron chi connectivity index (χ2n) is 9.18. The highest BCUT2D eigenvalue weighted by Gasteiger charge is 2.59. The first-order valence-corrected chi connectivity index (χ1v) is 14.8. The molecule has 0 unspecified atom stereocenters. The van der Waals surface area contributed by atoms with Gasteiger partial charge in [0, 0.05) is 10.0 Å². The monoisotopic (exact) mass is 592 g/mol. The van der Waals surface area contributed by atoms with Crippen molar-refractivity contribution in [3.05, 3.63) is 93.5 Å². The summed E-state index contributed by atoms with van der Waals surface area (Å²) in [5.74, 6) is 0.473. The Bertz CT molecular complexity index is 1510. The van der Waals surface area contributed by atoms with Gasteiger partial charge in [-0.1, -0.05) is 54.4 Å². The maximum atomic E-state index is 13.2. The van der Waals surface area contributed by atoms with Crippen LogP contribution in [0.3, 0.4) is 0 Å². The van der Waals surface area contributed by atoms with Crippen LogP contribution in [0.2, 0.25) is 10.0 Å². The fourth-order valence-corrected chi connectivity index (χ4v) is 6.26. The van der Waals surface area contributed by atoms with Gasteiger partial charge in [-0.25, -0.2) is 8.42 Å². The van der Waals surface area contributed by atoms with Gasteiger partial charge in [0.2, 0.25) is 0 Å². The van der Waals surface area contributed by atoms with Gasteiger partial charge < -0.3 is 4.74 Å². The molecule has 0 saturated carbocycles. The van der Waals surface area contributed by atoms with Gasteiger partial charge in [0.05, 0.1) is 22.8 Å². The number of carbonyl (C=O) groups is 1. The molecule has 4 rings (SSSR count). The van der Waals surface area contributed by atoms with E-state index in [2.05, 4.69) is 0 Å². The number of ether oxygens (including phenoxy) is 1. The molecule has 0 fully saturated rings. The normalized spacial score (nSPS) is 21.3. The van der Waals surface area contributed by atoms with Crippen molar-refractivity contribution in [2.24, 2.45) is 4.99 Å². The predicted octanol–water partition coefficient (Wildman–Crippen LogP) is 7.44. The van der Waals surface area contributed by atoms with E-state index in [1.807, 2.05) is 38.1 Å². The first-order valence-electron chi connectivity index (χ1n) is 12.0. The summed E-state index contributed by atoms with van der Waals surface area (Å²) in [7, 11) is -3.50. The molecule has 0 bridgehead atoms. The molecule has 200 valence electrons. The van der Waals surface area contributed by atoms with E-state index < -0.39 is 26.3 Å². The molecule has 0 aromatic heterocycles. The van der Waals surface area contributed by atoms with Crippen LogP contribution in [0.5, 0.6) is 5.75 Å². The first kappa shape index (κ1) is 28.4. The van der Waals surface area contributed by atoms with Crippen LogP contribution in [0.25, 0.3) is 0 Å². The third kappa shape index (κ3) is 4.70. The second kappa shape index (κ2) is 10.5. The van der Waals surface area contributed by atoms with Crippen LogP contribution in [0.4, 0.5) is 4.79 Å². The van der Waals surface area contributed by atoms with E-state index in [-0.39, 0.29) is 28.8 Å². The fraction of sp³-hybridized carbons (Fsp3) is 0.286. The van der Waals surface area contributed by atoms with Gasteiger partial charge >= 0.3 is 5.37 Å². The molecule has 0 saturated heterocycles. The molecule has 1 aliphatic rings. The number of amides is 1. The Labute approximate surface area is 238 Å². The van der Waals surface area contributed by atoms with Gasteiger partial charge in [0.15, 0.2) is 9.84 Å². The van der Waals surface area contributed by atoms with Crippen molar-refractivity contribution >= 4 is 55.8 Å². The summed E-state index contributed by atoms with van der Waals surface area (Å²) in [6.07, 6.45) is 0. The fourth-order valence-electron chi connectivity index (χ4n) is 4.87. The van der Waals surface area contributed by atoms with Crippen molar-refractivity contribution in [3.63, 3.8) is 0 Å². The maximum absolute atomic E-state index is 13.2. The molecule has 3 aromatic carbocycles. The van der Waals surface area contributed by atoms with E-state index >= 15 is 0 Å². The number of halogens is 3. The molecule has 0 N–H and O–H groups in total. The second-order valence-corrected chi connectivity index (χ2v) is 12.7. The quantitative estimate of drug-likeness (QED) is 0.211. The van der Waals surface area contributed by atoms with E-state index in [1.165, 1.54) is 17.0 Å². The summed E-state index contributed by atoms with van der Waals surface area (Å²) < 4.78 is 31.1. The molecule has 0 spiro atoms. The van der Waals surface area contributed by atoms with Crippen LogP contribution < -0.4 is 4.74 Å². The van der Waals surface area contributed by atoms with Crippen LogP contribution >= 0.6 is 34.8 Å². The van der Waals surface area contributed by atoms with Crippen LogP contribution in [-0.2, 0) is 20.9 Å². The molecule has 6 nitrogen and oxygen atoms in total. The Morgan fingerprint density at radius 3 is 1.97 bits per heavy atom. The molecule has 3 aromatic rings. The third-order valence-corrected chi connectivity index (χ3v) is 9.56. The SMILES string of the molecule is CCOc1cc(S(=O)(=O)CC)ccc1C1=N[C@@](C)(c2ccc(Cl)cc2)[C@](C)(c2ccc(Cl)cc2)N1C(=O)Cl. The van der Waals surface area contributed by atoms with Crippen LogP contribution in [0.1, 0.15) is 44.4 Å². The highest BCUT2D eigenvalue weighted by atomic mass is 35.5. The summed E-state index contributed by atoms with van der Waals surface area (Å²) >= 11 is 18.7. The number of aliphatic imine (C=N–C) groups is 1. The molecule has 1 amide bonds. The van der Waals surface area contributed by atoms with E-state index in [4.69, 9.17) is 44.5 Å². The maximum Gasteiger partial charge on any atom is 0.322 e. The summed E-state index contributed by atoms with van der Waals surface area (Å²) in [5.41, 5.74) is -0.176. The Hall–Kier alpha value is -2.58. The Morgan fingerprint density at radius 1 is 0.921 bits per heavy atom. The Balaban J connectivity index is 2.04. The number of carbonyl (C=O) groups excluding carboxylic acids is 1. The number of benzene rings is 3. The van der Waals surface area contributed by atoms with Crippen LogP contribution in [-0.4, -0.2) is 36.9 Å². The van der Waals surface area contributed by atoms with Crippen molar-refractivity contribution in [2.45, 2.75) is 43.7 Å². The van der Waals surface area contributed by atoms with Crippen LogP contribution in [0.15, 0.2) is 76.6 Å². The molecule has 38 heavy (non-hydrogen) atoms. The lowest BCUT2D eigenvalue weighted by atomic mass is 9.71. The lowest BCUT2D eigenvalue weighted by molar-refractivity contribution is 0.149. The number of amidine groups is 1. The number of nitrogens with zero attached hydrogens (tertiary/aromatic N) is 2. The lowest BCUT2D eigenvalue weighted by Crippen LogP contribution is -2.53. The molecule has 0 radical (unpaired) electrons. The van der Waals surface area contributed by atoms with Gasteiger partial charge in [-0.2, -0.15) is 0 Å². The Kier molecular flexibility index (Phi) is 7.88. The average molecular weight is 594 g/mol. The van der Waals surface area contributed by atoms with Gasteiger partial charge in [-0.3, -0.25) is 14.7 Å². The summed E-state index contributed by atoms with van der Waals surface area (Å²) in [6.45, 7) is 7.45. The standard InChI is InChI=1S/C28H27Cl3N2O4S/c1-5-37-24-17-22(38(35,36)6-2)15-16-23(24)25-32-27(3,18-7-11-20(29)12-8-18)28(4,33(25)26(31)34)19-9-13-21(30)14-10-19/h7-17H,5-6H2,1-4H3/t27-,28-/m0/s1. The zero-order chi connectivity index (χ0) is 27.9. The predicted molar refractivity (Wildman–Crippen MR) is 153 cm³/mol. The first-order chi connectivity index (χ1) is 17.9. The molecule has 1 heterocycles. The minimum Gasteiger partial charge on any atom is -0.493 e. The molecule has 1 aliphatic heterocycles. The summed E-state index contributed by atoms with van der Waals surface area (Å²) in [6, 6.07) is 19.0. The van der Waals surface area contributed by atoms with Crippen molar-refractivity contribution < 1.29 is 17.9 Å². The zero-order valence-corrected chi connectivity index (χ0v) is 24.4. The number of hydrogen-bond donors (Lipinski definition) is 0. The zero-order valence-electron chi connectivity index (χ0n) is 21.3. The van der Waals surface area contributed by atoms with Crippen molar-refractivity contribution in [1.29, 1.82) is 0 Å². The number of hydrogen-bond acceptors (Lipinski definition) is 5. The van der Waals surface area contributed by atoms with E-state index in [1.54, 1.807) is 44.2 Å². The molecule has 2 atom stereocenters. The van der Waals surface area contributed by atoms with E-state index in [9.17, 15) is 13.2 Å². The largest absolute Gasteiger partial charge is 0.493 e. The molecule has 0 aliphatic carbocycles. The lowest BCUT2D eigenvalue weighted by Gasteiger charge is -2.44. The highest BCUT2D eigenvalue weighted by Crippen LogP contribution is 2.54. The van der Waals surface area contributed by atoms with Gasteiger partial charge in [0.25, 0.3) is 0 Å². The Morgan fingerprint density at radius 2 is 1.47 bits per heavy atom. The molecular weight excluding hydrogens is 567 g/mol. The summed E-state index contributed by atoms with van der Waals surface area (Å²) in [4.78, 5) is 19.9. The number of rotatable bonds is 7. The summed E-state index contributed by atoms with van der Waals surface area (Å²) in [5, 5.41) is 0.343. The molecule has 10 heteroatoms. The van der Waals surface area contributed by atoms with Crippen molar-refractivity contribution in [3.8, 4) is 5.75 Å². The van der Waals surface area contributed by atoms with Gasteiger partial charge in [0.1, 0.15) is 22.7 Å². The number of sulfone groups is 1. The third-order valence-electron chi connectivity index (χ3n) is 7.16. The van der Waals surface area contributed by atoms with E-state index in [0.717, 1.165) is 11.1 Å². The highest BCUT2D eigenvalue weighted by molar-refractivity contribution is 7.91. The van der Waals surface area contributed by atoms with Gasteiger partial charge in [-0.05, 0) is 86.0 Å². The van der Waals surface area contributed by atoms with E-state index in [0.29, 0.717) is 15.6 Å². The van der Waals surface area contributed by atoms with Crippen molar-refractivity contribution in [1.82, 2.24) is 4.90 Å². The minimum absolute atomic E-state index is 0.0611. The van der Waals surface area contributed by atoms with Gasteiger partial charge in [-0.15, -0.1) is 0 Å². The smallest absolute Gasteiger partial charge is 0.322 e. The average Bonchev–Trinajstić information content (AvgIpc) is 3.13.